The summed E-state index contributed by atoms with van der Waals surface area (Å²) in [7, 11) is 0. The van der Waals surface area contributed by atoms with Crippen LogP contribution < -0.4 is 0 Å². The fraction of sp³-hybridized carbons (Fsp3) is 0.800. The number of carbonyl (C=O) groups excluding carboxylic acids is 1. The summed E-state index contributed by atoms with van der Waals surface area (Å²) < 4.78 is 0. The molecule has 0 unspecified atom stereocenters. The molecule has 1 N–H and O–H groups in total. The van der Waals surface area contributed by atoms with E-state index in [4.69, 9.17) is 0 Å². The number of H-pyrrole nitrogens is 1. The normalized spacial score (nSPS) is 18.6. The molecular weight excluding hydrogens is 252 g/mol. The Morgan fingerprint density at radius 2 is 2.00 bits per heavy atom. The van der Waals surface area contributed by atoms with Crippen LogP contribution in [0.3, 0.4) is 0 Å². The topological polar surface area (TPSA) is 61.9 Å². The molecule has 1 fully saturated rings. The summed E-state index contributed by atoms with van der Waals surface area (Å²) in [5.41, 5.74) is 0.173. The molecule has 2 heterocycles. The van der Waals surface area contributed by atoms with Gasteiger partial charge in [-0.2, -0.15) is 0 Å². The number of likely N-dealkylation sites (tertiary alicyclic amines) is 1. The predicted molar refractivity (Wildman–Crippen MR) is 78.6 cm³/mol. The zero-order valence-corrected chi connectivity index (χ0v) is 13.3. The molecule has 0 aromatic carbocycles. The Hall–Kier alpha value is -1.39. The fourth-order valence-corrected chi connectivity index (χ4v) is 2.77. The molecule has 5 heteroatoms. The molecule has 0 spiro atoms. The molecular formula is C15H26N4O. The number of nitrogens with zero attached hydrogens (tertiary/aromatic N) is 3. The van der Waals surface area contributed by atoms with Gasteiger partial charge in [0.25, 0.3) is 5.91 Å². The van der Waals surface area contributed by atoms with Crippen molar-refractivity contribution in [2.45, 2.75) is 59.3 Å². The monoisotopic (exact) mass is 278 g/mol. The van der Waals surface area contributed by atoms with Gasteiger partial charge in [0.05, 0.1) is 0 Å². The minimum Gasteiger partial charge on any atom is -0.335 e. The molecule has 0 atom stereocenters. The highest BCUT2D eigenvalue weighted by molar-refractivity contribution is 5.90. The molecule has 1 aromatic heterocycles. The van der Waals surface area contributed by atoms with Gasteiger partial charge < -0.3 is 4.90 Å². The molecule has 2 rings (SSSR count). The molecule has 1 saturated heterocycles. The van der Waals surface area contributed by atoms with Gasteiger partial charge in [0, 0.05) is 18.5 Å². The molecule has 1 aliphatic rings. The third kappa shape index (κ3) is 2.72. The Labute approximate surface area is 121 Å². The highest BCUT2D eigenvalue weighted by atomic mass is 16.2. The van der Waals surface area contributed by atoms with Crippen molar-refractivity contribution in [3.63, 3.8) is 0 Å². The van der Waals surface area contributed by atoms with Crippen LogP contribution in [0.25, 0.3) is 0 Å². The van der Waals surface area contributed by atoms with Gasteiger partial charge >= 0.3 is 0 Å². The second kappa shape index (κ2) is 5.19. The zero-order valence-electron chi connectivity index (χ0n) is 13.3. The van der Waals surface area contributed by atoms with Crippen molar-refractivity contribution in [3.05, 3.63) is 11.6 Å². The largest absolute Gasteiger partial charge is 0.335 e. The van der Waals surface area contributed by atoms with Gasteiger partial charge in [0.1, 0.15) is 5.82 Å². The smallest absolute Gasteiger partial charge is 0.293 e. The number of hydrogen-bond donors (Lipinski definition) is 1. The highest BCUT2D eigenvalue weighted by Crippen LogP contribution is 2.37. The van der Waals surface area contributed by atoms with E-state index in [0.717, 1.165) is 38.2 Å². The van der Waals surface area contributed by atoms with E-state index in [2.05, 4.69) is 49.8 Å². The van der Waals surface area contributed by atoms with Gasteiger partial charge in [0.2, 0.25) is 5.82 Å². The number of nitrogens with one attached hydrogen (secondary N) is 1. The van der Waals surface area contributed by atoms with E-state index in [1.807, 2.05) is 4.90 Å². The minimum absolute atomic E-state index is 0.0412. The lowest BCUT2D eigenvalue weighted by Gasteiger charge is -2.25. The van der Waals surface area contributed by atoms with Gasteiger partial charge in [-0.25, -0.2) is 4.98 Å². The van der Waals surface area contributed by atoms with Crippen LogP contribution in [-0.2, 0) is 5.41 Å². The van der Waals surface area contributed by atoms with Gasteiger partial charge in [-0.05, 0) is 24.7 Å². The quantitative estimate of drug-likeness (QED) is 0.924. The van der Waals surface area contributed by atoms with E-state index in [9.17, 15) is 4.79 Å². The van der Waals surface area contributed by atoms with Gasteiger partial charge in [0.15, 0.2) is 0 Å². The average Bonchev–Trinajstić information content (AvgIpc) is 3.05. The number of carbonyl (C=O) groups is 1. The summed E-state index contributed by atoms with van der Waals surface area (Å²) in [6.07, 6.45) is 3.32. The van der Waals surface area contributed by atoms with E-state index in [0.29, 0.717) is 11.2 Å². The van der Waals surface area contributed by atoms with Crippen LogP contribution in [0.2, 0.25) is 0 Å². The van der Waals surface area contributed by atoms with Crippen molar-refractivity contribution in [3.8, 4) is 0 Å². The Morgan fingerprint density at radius 1 is 1.35 bits per heavy atom. The van der Waals surface area contributed by atoms with Crippen molar-refractivity contribution in [2.75, 3.05) is 13.1 Å². The summed E-state index contributed by atoms with van der Waals surface area (Å²) in [5, 5.41) is 6.99. The standard InChI is InChI=1S/C15H26N4O/c1-6-15(7-2)8-9-19(10-15)12(20)11-16-13(18-17-11)14(3,4)5/h6-10H2,1-5H3,(H,16,17,18). The third-order valence-electron chi connectivity index (χ3n) is 4.61. The predicted octanol–water partition coefficient (Wildman–Crippen LogP) is 2.75. The van der Waals surface area contributed by atoms with E-state index < -0.39 is 0 Å². The van der Waals surface area contributed by atoms with Crippen LogP contribution in [0.1, 0.15) is 70.3 Å². The molecule has 5 nitrogen and oxygen atoms in total. The number of amides is 1. The molecule has 1 aromatic rings. The van der Waals surface area contributed by atoms with Crippen molar-refractivity contribution >= 4 is 5.91 Å². The summed E-state index contributed by atoms with van der Waals surface area (Å²) in [4.78, 5) is 18.8. The van der Waals surface area contributed by atoms with Crippen molar-refractivity contribution < 1.29 is 4.79 Å². The summed E-state index contributed by atoms with van der Waals surface area (Å²) in [5.74, 6) is 1.02. The molecule has 0 bridgehead atoms. The van der Waals surface area contributed by atoms with Crippen molar-refractivity contribution in [1.82, 2.24) is 20.1 Å². The number of hydrogen-bond acceptors (Lipinski definition) is 3. The molecule has 0 aliphatic carbocycles. The maximum absolute atomic E-state index is 12.5. The zero-order chi connectivity index (χ0) is 15.0. The van der Waals surface area contributed by atoms with E-state index in [1.54, 1.807) is 0 Å². The highest BCUT2D eigenvalue weighted by Gasteiger charge is 2.38. The van der Waals surface area contributed by atoms with Crippen molar-refractivity contribution in [2.24, 2.45) is 5.41 Å². The lowest BCUT2D eigenvalue weighted by Crippen LogP contribution is -2.32. The Bertz CT molecular complexity index is 482. The van der Waals surface area contributed by atoms with Crippen LogP contribution in [0, 0.1) is 5.41 Å². The average molecular weight is 278 g/mol. The second-order valence-electron chi connectivity index (χ2n) is 6.94. The van der Waals surface area contributed by atoms with Gasteiger partial charge in [-0.3, -0.25) is 9.89 Å². The molecule has 112 valence electrons. The lowest BCUT2D eigenvalue weighted by atomic mass is 9.82. The Morgan fingerprint density at radius 3 is 2.45 bits per heavy atom. The van der Waals surface area contributed by atoms with Crippen LogP contribution in [-0.4, -0.2) is 39.1 Å². The first-order valence-electron chi connectivity index (χ1n) is 7.53. The van der Waals surface area contributed by atoms with Crippen LogP contribution >= 0.6 is 0 Å². The van der Waals surface area contributed by atoms with Crippen molar-refractivity contribution in [1.29, 1.82) is 0 Å². The first-order valence-corrected chi connectivity index (χ1v) is 7.53. The van der Waals surface area contributed by atoms with Gasteiger partial charge in [-0.15, -0.1) is 5.10 Å². The van der Waals surface area contributed by atoms with E-state index >= 15 is 0 Å². The third-order valence-corrected chi connectivity index (χ3v) is 4.61. The molecule has 0 radical (unpaired) electrons. The Balaban J connectivity index is 2.11. The number of rotatable bonds is 3. The SMILES string of the molecule is CCC1(CC)CCN(C(=O)c2n[nH]c(C(C)(C)C)n2)C1. The fourth-order valence-electron chi connectivity index (χ4n) is 2.77. The van der Waals surface area contributed by atoms with Crippen LogP contribution in [0.5, 0.6) is 0 Å². The minimum atomic E-state index is -0.118. The van der Waals surface area contributed by atoms with Gasteiger partial charge in [-0.1, -0.05) is 34.6 Å². The van der Waals surface area contributed by atoms with E-state index in [1.165, 1.54) is 0 Å². The summed E-state index contributed by atoms with van der Waals surface area (Å²) in [6.45, 7) is 12.2. The maximum Gasteiger partial charge on any atom is 0.293 e. The molecule has 1 aliphatic heterocycles. The molecule has 20 heavy (non-hydrogen) atoms. The molecule has 1 amide bonds. The summed E-state index contributed by atoms with van der Waals surface area (Å²) >= 11 is 0. The first-order chi connectivity index (χ1) is 9.31. The van der Waals surface area contributed by atoms with Crippen LogP contribution in [0.4, 0.5) is 0 Å². The van der Waals surface area contributed by atoms with E-state index in [-0.39, 0.29) is 11.3 Å². The lowest BCUT2D eigenvalue weighted by molar-refractivity contribution is 0.0758. The first kappa shape index (κ1) is 15.0. The van der Waals surface area contributed by atoms with Crippen LogP contribution in [0.15, 0.2) is 0 Å². The summed E-state index contributed by atoms with van der Waals surface area (Å²) in [6, 6.07) is 0. The number of aromatic amines is 1. The Kier molecular flexibility index (Phi) is 3.89. The molecule has 0 saturated carbocycles. The maximum atomic E-state index is 12.5. The number of aromatic nitrogens is 3. The second-order valence-corrected chi connectivity index (χ2v) is 6.94.